The molecule has 2 aromatic carbocycles. The number of rotatable bonds is 2. The van der Waals surface area contributed by atoms with Gasteiger partial charge in [-0.25, -0.2) is 4.79 Å². The van der Waals surface area contributed by atoms with Crippen molar-refractivity contribution in [2.75, 3.05) is 0 Å². The molecular formula is C13H6Br4O2. The molecule has 2 aromatic rings. The quantitative estimate of drug-likeness (QED) is 0.366. The maximum atomic E-state index is 12.1. The molecule has 0 atom stereocenters. The average Bonchev–Trinajstić information content (AvgIpc) is 2.32. The van der Waals surface area contributed by atoms with Gasteiger partial charge in [0.15, 0.2) is 0 Å². The smallest absolute Gasteiger partial charge is 0.344 e. The molecule has 0 bridgehead atoms. The molecule has 0 aliphatic rings. The van der Waals surface area contributed by atoms with Crippen LogP contribution in [0.4, 0.5) is 0 Å². The van der Waals surface area contributed by atoms with Gasteiger partial charge in [-0.1, -0.05) is 31.9 Å². The van der Waals surface area contributed by atoms with Crippen molar-refractivity contribution in [1.82, 2.24) is 0 Å². The summed E-state index contributed by atoms with van der Waals surface area (Å²) in [6.07, 6.45) is 0. The van der Waals surface area contributed by atoms with Crippen molar-refractivity contribution in [2.45, 2.75) is 0 Å². The Balaban J connectivity index is 2.25. The summed E-state index contributed by atoms with van der Waals surface area (Å²) in [5.74, 6) is 0.0606. The first-order valence-corrected chi connectivity index (χ1v) is 8.27. The Kier molecular flexibility index (Phi) is 5.22. The van der Waals surface area contributed by atoms with E-state index in [-0.39, 0.29) is 0 Å². The lowest BCUT2D eigenvalue weighted by Crippen LogP contribution is -2.09. The lowest BCUT2D eigenvalue weighted by atomic mass is 10.2. The summed E-state index contributed by atoms with van der Waals surface area (Å²) in [5.41, 5.74) is 0.470. The minimum absolute atomic E-state index is 0.414. The maximum Gasteiger partial charge on any atom is 0.344 e. The topological polar surface area (TPSA) is 26.3 Å². The summed E-state index contributed by atoms with van der Waals surface area (Å²) in [6.45, 7) is 0. The Labute approximate surface area is 144 Å². The van der Waals surface area contributed by atoms with Crippen molar-refractivity contribution < 1.29 is 9.53 Å². The Hall–Kier alpha value is -0.170. The molecule has 0 aliphatic carbocycles. The summed E-state index contributed by atoms with van der Waals surface area (Å²) < 4.78 is 8.54. The van der Waals surface area contributed by atoms with E-state index in [9.17, 15) is 4.79 Å². The lowest BCUT2D eigenvalue weighted by molar-refractivity contribution is 0.0732. The first-order chi connectivity index (χ1) is 8.97. The Morgan fingerprint density at radius 1 is 0.842 bits per heavy atom. The number of esters is 1. The zero-order valence-electron chi connectivity index (χ0n) is 9.29. The van der Waals surface area contributed by atoms with Crippen LogP contribution < -0.4 is 4.74 Å². The Morgan fingerprint density at radius 3 is 2.00 bits per heavy atom. The van der Waals surface area contributed by atoms with Crippen molar-refractivity contribution in [3.8, 4) is 5.75 Å². The minimum Gasteiger partial charge on any atom is -0.422 e. The van der Waals surface area contributed by atoms with Crippen LogP contribution in [-0.2, 0) is 0 Å². The number of carbonyl (C=O) groups excluding carboxylic acids is 1. The third-order valence-corrected chi connectivity index (χ3v) is 4.51. The van der Waals surface area contributed by atoms with Crippen LogP contribution in [0.15, 0.2) is 54.3 Å². The van der Waals surface area contributed by atoms with E-state index in [0.29, 0.717) is 20.3 Å². The van der Waals surface area contributed by atoms with Gasteiger partial charge in [-0.05, 0) is 68.3 Å². The summed E-state index contributed by atoms with van der Waals surface area (Å²) in [6, 6.07) is 10.6. The van der Waals surface area contributed by atoms with Crippen molar-refractivity contribution in [2.24, 2.45) is 0 Å². The van der Waals surface area contributed by atoms with Gasteiger partial charge in [0.2, 0.25) is 0 Å². The first-order valence-electron chi connectivity index (χ1n) is 5.09. The van der Waals surface area contributed by atoms with Crippen LogP contribution in [0.2, 0.25) is 0 Å². The van der Waals surface area contributed by atoms with Gasteiger partial charge in [-0.15, -0.1) is 0 Å². The minimum atomic E-state index is -0.414. The van der Waals surface area contributed by atoms with Crippen molar-refractivity contribution in [3.05, 3.63) is 59.9 Å². The van der Waals surface area contributed by atoms with Gasteiger partial charge < -0.3 is 4.74 Å². The van der Waals surface area contributed by atoms with E-state index >= 15 is 0 Å². The van der Waals surface area contributed by atoms with Gasteiger partial charge in [0.25, 0.3) is 0 Å². The second-order valence-electron chi connectivity index (χ2n) is 3.59. The number of benzene rings is 2. The molecule has 0 aromatic heterocycles. The predicted octanol–water partition coefficient (Wildman–Crippen LogP) is 5.96. The third kappa shape index (κ3) is 3.90. The fourth-order valence-corrected chi connectivity index (χ4v) is 3.70. The van der Waals surface area contributed by atoms with Crippen LogP contribution in [0.25, 0.3) is 0 Å². The van der Waals surface area contributed by atoms with Gasteiger partial charge in [0.05, 0.1) is 10.0 Å². The molecule has 0 unspecified atom stereocenters. The second kappa shape index (κ2) is 6.52. The molecule has 0 aliphatic heterocycles. The number of halogens is 4. The Bertz CT molecular complexity index is 641. The van der Waals surface area contributed by atoms with E-state index in [1.807, 2.05) is 12.1 Å². The van der Waals surface area contributed by atoms with Gasteiger partial charge >= 0.3 is 5.97 Å². The SMILES string of the molecule is O=C(Oc1ccc(Br)cc1Br)c1ccc(Br)cc1Br. The highest BCUT2D eigenvalue weighted by atomic mass is 79.9. The highest BCUT2D eigenvalue weighted by Gasteiger charge is 2.14. The zero-order chi connectivity index (χ0) is 14.0. The molecule has 2 rings (SSSR count). The molecule has 0 amide bonds. The summed E-state index contributed by atoms with van der Waals surface area (Å²) in [4.78, 5) is 12.1. The normalized spacial score (nSPS) is 10.3. The van der Waals surface area contributed by atoms with Crippen LogP contribution in [-0.4, -0.2) is 5.97 Å². The predicted molar refractivity (Wildman–Crippen MR) is 88.6 cm³/mol. The molecule has 0 radical (unpaired) electrons. The number of ether oxygens (including phenoxy) is 1. The lowest BCUT2D eigenvalue weighted by Gasteiger charge is -2.08. The van der Waals surface area contributed by atoms with Crippen molar-refractivity contribution >= 4 is 69.7 Å². The fourth-order valence-electron chi connectivity index (χ4n) is 1.37. The molecule has 0 heterocycles. The fraction of sp³-hybridized carbons (Fsp3) is 0. The first kappa shape index (κ1) is 15.2. The number of hydrogen-bond donors (Lipinski definition) is 0. The molecule has 6 heteroatoms. The van der Waals surface area contributed by atoms with E-state index in [1.54, 1.807) is 24.3 Å². The molecule has 0 saturated heterocycles. The Morgan fingerprint density at radius 2 is 1.42 bits per heavy atom. The molecule has 0 saturated carbocycles. The zero-order valence-corrected chi connectivity index (χ0v) is 15.6. The third-order valence-electron chi connectivity index (χ3n) is 2.25. The summed E-state index contributed by atoms with van der Waals surface area (Å²) >= 11 is 13.4. The maximum absolute atomic E-state index is 12.1. The molecular weight excluding hydrogens is 508 g/mol. The molecule has 0 spiro atoms. The van der Waals surface area contributed by atoms with Gasteiger partial charge in [-0.3, -0.25) is 0 Å². The van der Waals surface area contributed by atoms with Crippen LogP contribution in [0.5, 0.6) is 5.75 Å². The summed E-state index contributed by atoms with van der Waals surface area (Å²) in [7, 11) is 0. The van der Waals surface area contributed by atoms with Crippen LogP contribution >= 0.6 is 63.7 Å². The standard InChI is InChI=1S/C13H6Br4O2/c14-7-1-3-9(10(16)5-7)13(18)19-12-4-2-8(15)6-11(12)17/h1-6H. The van der Waals surface area contributed by atoms with E-state index in [4.69, 9.17) is 4.74 Å². The highest BCUT2D eigenvalue weighted by Crippen LogP contribution is 2.30. The van der Waals surface area contributed by atoms with E-state index in [2.05, 4.69) is 63.7 Å². The molecule has 98 valence electrons. The van der Waals surface area contributed by atoms with Crippen LogP contribution in [0.1, 0.15) is 10.4 Å². The van der Waals surface area contributed by atoms with Crippen LogP contribution in [0.3, 0.4) is 0 Å². The summed E-state index contributed by atoms with van der Waals surface area (Å²) in [5, 5.41) is 0. The number of carbonyl (C=O) groups is 1. The molecule has 0 fully saturated rings. The average molecular weight is 514 g/mol. The van der Waals surface area contributed by atoms with Crippen molar-refractivity contribution in [3.63, 3.8) is 0 Å². The highest BCUT2D eigenvalue weighted by molar-refractivity contribution is 9.11. The second-order valence-corrected chi connectivity index (χ2v) is 7.13. The molecule has 19 heavy (non-hydrogen) atoms. The monoisotopic (exact) mass is 510 g/mol. The molecule has 2 nitrogen and oxygen atoms in total. The van der Waals surface area contributed by atoms with Gasteiger partial charge in [-0.2, -0.15) is 0 Å². The van der Waals surface area contributed by atoms with E-state index in [1.165, 1.54) is 0 Å². The van der Waals surface area contributed by atoms with Gasteiger partial charge in [0, 0.05) is 13.4 Å². The van der Waals surface area contributed by atoms with E-state index < -0.39 is 5.97 Å². The number of hydrogen-bond acceptors (Lipinski definition) is 2. The van der Waals surface area contributed by atoms with E-state index in [0.717, 1.165) is 8.95 Å². The van der Waals surface area contributed by atoms with Crippen molar-refractivity contribution in [1.29, 1.82) is 0 Å². The molecule has 0 N–H and O–H groups in total. The van der Waals surface area contributed by atoms with Crippen LogP contribution in [0, 0.1) is 0 Å². The largest absolute Gasteiger partial charge is 0.422 e. The van der Waals surface area contributed by atoms with Gasteiger partial charge in [0.1, 0.15) is 5.75 Å².